The first-order valence-electron chi connectivity index (χ1n) is 14.9. The summed E-state index contributed by atoms with van der Waals surface area (Å²) in [6, 6.07) is 12.4. The van der Waals surface area contributed by atoms with E-state index in [1.54, 1.807) is 24.4 Å². The standard InChI is InChI=1S/C34H39N3O6S/c1-7-42-33-25-10-9-13-35-30(25)29-28(32(33)39)31(36-34(29)43-8-2)24-12-11-23(16-22(24)6)18-44(40,41)37-27(38)17-26-20(4)14-19(3)15-21(26)5/h9-16,31,33-34,36H,7-8,17-18H2,1-6H3,(H,37,38). The molecular formula is C34H39N3O6S. The van der Waals surface area contributed by atoms with Crippen LogP contribution >= 0.6 is 0 Å². The number of Topliss-reactive ketones (excluding diaryl/α,β-unsaturated/α-hetero) is 1. The van der Waals surface area contributed by atoms with Crippen molar-refractivity contribution in [1.82, 2.24) is 15.0 Å². The van der Waals surface area contributed by atoms with E-state index in [1.165, 1.54) is 0 Å². The summed E-state index contributed by atoms with van der Waals surface area (Å²) in [6.45, 7) is 12.2. The first-order chi connectivity index (χ1) is 20.9. The zero-order chi connectivity index (χ0) is 31.8. The average molecular weight is 618 g/mol. The molecule has 1 aliphatic heterocycles. The van der Waals surface area contributed by atoms with Gasteiger partial charge < -0.3 is 9.47 Å². The zero-order valence-electron chi connectivity index (χ0n) is 26.0. The van der Waals surface area contributed by atoms with Crippen LogP contribution in [-0.2, 0) is 41.3 Å². The van der Waals surface area contributed by atoms with Gasteiger partial charge in [0.05, 0.1) is 23.9 Å². The van der Waals surface area contributed by atoms with Crippen molar-refractivity contribution in [3.8, 4) is 0 Å². The number of carbonyl (C=O) groups is 2. The number of hydrogen-bond acceptors (Lipinski definition) is 8. The molecule has 0 radical (unpaired) electrons. The third-order valence-corrected chi connectivity index (χ3v) is 9.41. The van der Waals surface area contributed by atoms with Crippen LogP contribution < -0.4 is 10.0 Å². The Morgan fingerprint density at radius 3 is 2.30 bits per heavy atom. The monoisotopic (exact) mass is 617 g/mol. The lowest BCUT2D eigenvalue weighted by Gasteiger charge is -2.27. The molecule has 9 nitrogen and oxygen atoms in total. The second-order valence-electron chi connectivity index (χ2n) is 11.4. The van der Waals surface area contributed by atoms with Crippen molar-refractivity contribution in [2.45, 2.75) is 72.1 Å². The molecule has 3 unspecified atom stereocenters. The van der Waals surface area contributed by atoms with Crippen molar-refractivity contribution in [2.75, 3.05) is 13.2 Å². The topological polar surface area (TPSA) is 124 Å². The molecule has 3 atom stereocenters. The highest BCUT2D eigenvalue weighted by atomic mass is 32.2. The Labute approximate surface area is 259 Å². The average Bonchev–Trinajstić information content (AvgIpc) is 3.32. The second-order valence-corrected chi connectivity index (χ2v) is 13.2. The van der Waals surface area contributed by atoms with Gasteiger partial charge in [0, 0.05) is 36.1 Å². The Kier molecular flexibility index (Phi) is 9.17. The van der Waals surface area contributed by atoms with E-state index in [0.717, 1.165) is 38.9 Å². The molecule has 0 spiro atoms. The molecule has 0 saturated carbocycles. The van der Waals surface area contributed by atoms with Gasteiger partial charge in [0.15, 0.2) is 5.78 Å². The van der Waals surface area contributed by atoms with Gasteiger partial charge in [-0.15, -0.1) is 0 Å². The summed E-state index contributed by atoms with van der Waals surface area (Å²) < 4.78 is 40.2. The Morgan fingerprint density at radius 2 is 1.64 bits per heavy atom. The number of aromatic nitrogens is 1. The predicted octanol–water partition coefficient (Wildman–Crippen LogP) is 4.62. The summed E-state index contributed by atoms with van der Waals surface area (Å²) in [6.07, 6.45) is 0.361. The van der Waals surface area contributed by atoms with Crippen LogP contribution in [0.15, 0.2) is 54.2 Å². The van der Waals surface area contributed by atoms with Gasteiger partial charge in [-0.3, -0.25) is 24.6 Å². The van der Waals surface area contributed by atoms with Crippen LogP contribution in [0, 0.1) is 27.7 Å². The lowest BCUT2D eigenvalue weighted by molar-refractivity contribution is -0.127. The van der Waals surface area contributed by atoms with Crippen molar-refractivity contribution in [3.63, 3.8) is 0 Å². The number of sulfonamides is 1. The van der Waals surface area contributed by atoms with Crippen LogP contribution in [0.1, 0.15) is 76.2 Å². The molecule has 0 saturated heterocycles. The Balaban J connectivity index is 1.39. The fourth-order valence-electron chi connectivity index (χ4n) is 6.42. The number of carbonyl (C=O) groups excluding carboxylic acids is 2. The van der Waals surface area contributed by atoms with Gasteiger partial charge in [0.1, 0.15) is 12.3 Å². The number of benzene rings is 2. The molecule has 2 aliphatic rings. The summed E-state index contributed by atoms with van der Waals surface area (Å²) in [5.41, 5.74) is 8.62. The molecule has 1 amide bonds. The maximum atomic E-state index is 13.9. The third-order valence-electron chi connectivity index (χ3n) is 8.15. The van der Waals surface area contributed by atoms with Crippen molar-refractivity contribution in [2.24, 2.45) is 0 Å². The van der Waals surface area contributed by atoms with E-state index in [4.69, 9.17) is 9.47 Å². The molecule has 2 N–H and O–H groups in total. The van der Waals surface area contributed by atoms with Crippen LogP contribution in [-0.4, -0.2) is 44.5 Å². The number of nitrogens with one attached hydrogen (secondary N) is 2. The molecule has 3 aromatic rings. The molecule has 5 rings (SSSR count). The lowest BCUT2D eigenvalue weighted by atomic mass is 9.82. The van der Waals surface area contributed by atoms with Crippen LogP contribution in [0.5, 0.6) is 0 Å². The SMILES string of the molecule is CCOC1NC(c2ccc(CS(=O)(=O)NC(=O)Cc3c(C)cc(C)cc3C)cc2C)C2=C1c1ncccc1C(OCC)C2=O. The smallest absolute Gasteiger partial charge is 0.239 e. The number of pyridine rings is 1. The normalized spacial score (nSPS) is 19.6. The third kappa shape index (κ3) is 6.25. The molecule has 0 bridgehead atoms. The highest BCUT2D eigenvalue weighted by molar-refractivity contribution is 7.89. The summed E-state index contributed by atoms with van der Waals surface area (Å²) in [4.78, 5) is 31.3. The number of amides is 1. The van der Waals surface area contributed by atoms with Crippen molar-refractivity contribution in [3.05, 3.63) is 104 Å². The van der Waals surface area contributed by atoms with Gasteiger partial charge in [0.2, 0.25) is 15.9 Å². The maximum absolute atomic E-state index is 13.9. The summed E-state index contributed by atoms with van der Waals surface area (Å²) in [5.74, 6) is -1.07. The van der Waals surface area contributed by atoms with Crippen LogP contribution in [0.2, 0.25) is 0 Å². The quantitative estimate of drug-likeness (QED) is 0.338. The van der Waals surface area contributed by atoms with E-state index in [-0.39, 0.29) is 18.0 Å². The predicted molar refractivity (Wildman–Crippen MR) is 168 cm³/mol. The van der Waals surface area contributed by atoms with E-state index in [0.29, 0.717) is 35.6 Å². The van der Waals surface area contributed by atoms with E-state index < -0.39 is 34.3 Å². The molecular weight excluding hydrogens is 578 g/mol. The van der Waals surface area contributed by atoms with Gasteiger partial charge >= 0.3 is 0 Å². The van der Waals surface area contributed by atoms with E-state index in [1.807, 2.05) is 65.8 Å². The van der Waals surface area contributed by atoms with Crippen molar-refractivity contribution in [1.29, 1.82) is 0 Å². The van der Waals surface area contributed by atoms with Crippen LogP contribution in [0.4, 0.5) is 0 Å². The van der Waals surface area contributed by atoms with Crippen LogP contribution in [0.3, 0.4) is 0 Å². The molecule has 1 aromatic heterocycles. The van der Waals surface area contributed by atoms with Gasteiger partial charge in [-0.25, -0.2) is 8.42 Å². The number of hydrogen-bond donors (Lipinski definition) is 2. The molecule has 2 aromatic carbocycles. The Morgan fingerprint density at radius 1 is 0.932 bits per heavy atom. The lowest BCUT2D eigenvalue weighted by Crippen LogP contribution is -2.33. The first-order valence-corrected chi connectivity index (χ1v) is 16.5. The van der Waals surface area contributed by atoms with Gasteiger partial charge in [-0.1, -0.05) is 42.0 Å². The highest BCUT2D eigenvalue weighted by Gasteiger charge is 2.47. The highest BCUT2D eigenvalue weighted by Crippen LogP contribution is 2.47. The van der Waals surface area contributed by atoms with Crippen molar-refractivity contribution < 1.29 is 27.5 Å². The summed E-state index contributed by atoms with van der Waals surface area (Å²) >= 11 is 0. The van der Waals surface area contributed by atoms with Crippen LogP contribution in [0.25, 0.3) is 5.57 Å². The zero-order valence-corrected chi connectivity index (χ0v) is 26.8. The number of nitrogens with zero attached hydrogens (tertiary/aromatic N) is 1. The molecule has 2 heterocycles. The van der Waals surface area contributed by atoms with E-state index in [9.17, 15) is 18.0 Å². The fourth-order valence-corrected chi connectivity index (χ4v) is 7.53. The maximum Gasteiger partial charge on any atom is 0.239 e. The molecule has 1 aliphatic carbocycles. The summed E-state index contributed by atoms with van der Waals surface area (Å²) in [5, 5.41) is 3.47. The number of fused-ring (bicyclic) bond motifs is 2. The minimum absolute atomic E-state index is 0.0182. The van der Waals surface area contributed by atoms with Gasteiger partial charge in [-0.05, 0) is 81.0 Å². The Hall–Kier alpha value is -3.70. The summed E-state index contributed by atoms with van der Waals surface area (Å²) in [7, 11) is -3.95. The van der Waals surface area contributed by atoms with E-state index >= 15 is 0 Å². The fraction of sp³-hybridized carbons (Fsp3) is 0.382. The minimum atomic E-state index is -3.95. The number of rotatable bonds is 10. The van der Waals surface area contributed by atoms with E-state index in [2.05, 4.69) is 15.0 Å². The minimum Gasteiger partial charge on any atom is -0.366 e. The first kappa shape index (κ1) is 31.7. The van der Waals surface area contributed by atoms with Gasteiger partial charge in [-0.2, -0.15) is 0 Å². The number of aryl methyl sites for hydroxylation is 4. The number of ketones is 1. The van der Waals surface area contributed by atoms with Crippen molar-refractivity contribution >= 4 is 27.3 Å². The molecule has 232 valence electrons. The molecule has 10 heteroatoms. The second kappa shape index (κ2) is 12.7. The largest absolute Gasteiger partial charge is 0.366 e. The number of ether oxygens (including phenoxy) is 2. The Bertz CT molecular complexity index is 1740. The van der Waals surface area contributed by atoms with Gasteiger partial charge in [0.25, 0.3) is 0 Å². The molecule has 0 fully saturated rings. The molecule has 44 heavy (non-hydrogen) atoms.